The number of amides is 2. The normalized spacial score (nSPS) is 18.2. The maximum absolute atomic E-state index is 13.0. The molecule has 2 aromatic heterocycles. The highest BCUT2D eigenvalue weighted by molar-refractivity contribution is 5.92. The molecule has 2 aliphatic heterocycles. The van der Waals surface area contributed by atoms with Crippen LogP contribution in [0.5, 0.6) is 5.75 Å². The molecule has 2 saturated heterocycles. The number of hydrogen-bond donors (Lipinski definition) is 3. The first kappa shape index (κ1) is 26.3. The third kappa shape index (κ3) is 5.72. The second-order valence-electron chi connectivity index (χ2n) is 11.7. The van der Waals surface area contributed by atoms with E-state index in [4.69, 9.17) is 4.74 Å². The number of rotatable bonds is 6. The van der Waals surface area contributed by atoms with E-state index in [9.17, 15) is 9.59 Å². The number of aromatic nitrogens is 3. The number of carbonyl (C=O) groups excluding carboxylic acids is 2. The smallest absolute Gasteiger partial charge is 0.274 e. The second kappa shape index (κ2) is 10.8. The Hall–Kier alpha value is -3.33. The minimum Gasteiger partial charge on any atom is -0.497 e. The van der Waals surface area contributed by atoms with Gasteiger partial charge in [0.15, 0.2) is 0 Å². The van der Waals surface area contributed by atoms with E-state index in [1.807, 2.05) is 35.4 Å². The Morgan fingerprint density at radius 1 is 1.08 bits per heavy atom. The molecule has 0 bridgehead atoms. The maximum Gasteiger partial charge on any atom is 0.274 e. The number of carbonyl (C=O) groups is 2. The van der Waals surface area contributed by atoms with E-state index in [0.29, 0.717) is 18.2 Å². The van der Waals surface area contributed by atoms with Crippen molar-refractivity contribution in [2.45, 2.75) is 70.4 Å². The van der Waals surface area contributed by atoms with Crippen molar-refractivity contribution in [2.75, 3.05) is 33.3 Å². The zero-order chi connectivity index (χ0) is 26.9. The zero-order valence-corrected chi connectivity index (χ0v) is 23.0. The van der Waals surface area contributed by atoms with E-state index in [-0.39, 0.29) is 23.3 Å². The molecule has 4 heterocycles. The summed E-state index contributed by atoms with van der Waals surface area (Å²) in [6.45, 7) is 9.79. The molecule has 2 aliphatic rings. The van der Waals surface area contributed by atoms with Crippen molar-refractivity contribution in [2.24, 2.45) is 0 Å². The minimum atomic E-state index is -0.0603. The summed E-state index contributed by atoms with van der Waals surface area (Å²) in [5.74, 6) is 0.887. The fourth-order valence-electron chi connectivity index (χ4n) is 5.71. The summed E-state index contributed by atoms with van der Waals surface area (Å²) in [6, 6.07) is 8.47. The number of ether oxygens (including phenoxy) is 1. The topological polar surface area (TPSA) is 106 Å². The average Bonchev–Trinajstić information content (AvgIpc) is 3.56. The Morgan fingerprint density at radius 2 is 1.82 bits per heavy atom. The lowest BCUT2D eigenvalue weighted by atomic mass is 9.92. The van der Waals surface area contributed by atoms with Gasteiger partial charge < -0.3 is 24.8 Å². The van der Waals surface area contributed by atoms with Gasteiger partial charge in [-0.2, -0.15) is 5.10 Å². The molecule has 2 fully saturated rings. The number of piperidine rings is 2. The van der Waals surface area contributed by atoms with Crippen molar-refractivity contribution in [1.29, 1.82) is 0 Å². The summed E-state index contributed by atoms with van der Waals surface area (Å²) < 4.78 is 5.29. The lowest BCUT2D eigenvalue weighted by molar-refractivity contribution is -0.121. The molecule has 0 saturated carbocycles. The number of benzene rings is 1. The number of fused-ring (bicyclic) bond motifs is 1. The Bertz CT molecular complexity index is 1270. The second-order valence-corrected chi connectivity index (χ2v) is 11.7. The van der Waals surface area contributed by atoms with Crippen LogP contribution < -0.4 is 10.1 Å². The van der Waals surface area contributed by atoms with Crippen molar-refractivity contribution in [3.05, 3.63) is 47.4 Å². The van der Waals surface area contributed by atoms with Crippen LogP contribution in [0.4, 0.5) is 0 Å². The van der Waals surface area contributed by atoms with E-state index in [1.54, 1.807) is 7.11 Å². The summed E-state index contributed by atoms with van der Waals surface area (Å²) in [6.07, 6.45) is 6.15. The first-order valence-corrected chi connectivity index (χ1v) is 13.7. The number of methoxy groups -OCH3 is 1. The van der Waals surface area contributed by atoms with Gasteiger partial charge in [-0.25, -0.2) is 0 Å². The van der Waals surface area contributed by atoms with Crippen LogP contribution in [0.1, 0.15) is 68.2 Å². The van der Waals surface area contributed by atoms with E-state index >= 15 is 0 Å². The lowest BCUT2D eigenvalue weighted by Crippen LogP contribution is -2.52. The fourth-order valence-corrected chi connectivity index (χ4v) is 5.71. The van der Waals surface area contributed by atoms with Crippen molar-refractivity contribution in [3.8, 4) is 5.75 Å². The van der Waals surface area contributed by atoms with Crippen molar-refractivity contribution >= 4 is 22.7 Å². The summed E-state index contributed by atoms with van der Waals surface area (Å²) in [7, 11) is 1.65. The molecule has 0 aliphatic carbocycles. The first-order chi connectivity index (χ1) is 18.2. The molecule has 0 unspecified atom stereocenters. The van der Waals surface area contributed by atoms with Crippen LogP contribution in [0.3, 0.4) is 0 Å². The van der Waals surface area contributed by atoms with Gasteiger partial charge in [0, 0.05) is 72.5 Å². The molecule has 3 aromatic rings. The number of nitrogens with zero attached hydrogens (tertiary/aromatic N) is 3. The average molecular weight is 521 g/mol. The Morgan fingerprint density at radius 3 is 2.47 bits per heavy atom. The summed E-state index contributed by atoms with van der Waals surface area (Å²) in [5, 5.41) is 11.6. The lowest BCUT2D eigenvalue weighted by Gasteiger charge is -2.41. The van der Waals surface area contributed by atoms with Crippen LogP contribution in [0.25, 0.3) is 10.9 Å². The molecule has 9 heteroatoms. The van der Waals surface area contributed by atoms with E-state index < -0.39 is 0 Å². The number of aromatic amines is 2. The number of hydrogen-bond acceptors (Lipinski definition) is 5. The van der Waals surface area contributed by atoms with E-state index in [2.05, 4.69) is 46.2 Å². The third-order valence-corrected chi connectivity index (χ3v) is 8.09. The molecule has 204 valence electrons. The van der Waals surface area contributed by atoms with Gasteiger partial charge in [0.1, 0.15) is 11.4 Å². The summed E-state index contributed by atoms with van der Waals surface area (Å²) in [5.41, 5.74) is 3.41. The fraction of sp³-hybridized carbons (Fsp3) is 0.552. The molecule has 2 amide bonds. The van der Waals surface area contributed by atoms with Gasteiger partial charge in [0.05, 0.1) is 13.5 Å². The van der Waals surface area contributed by atoms with Crippen LogP contribution in [-0.2, 0) is 16.6 Å². The molecular formula is C29H40N6O3. The molecular weight excluding hydrogens is 480 g/mol. The number of likely N-dealkylation sites (tertiary alicyclic amines) is 2. The van der Waals surface area contributed by atoms with Gasteiger partial charge >= 0.3 is 0 Å². The quantitative estimate of drug-likeness (QED) is 0.460. The van der Waals surface area contributed by atoms with E-state index in [0.717, 1.165) is 79.8 Å². The van der Waals surface area contributed by atoms with Crippen LogP contribution in [0.15, 0.2) is 30.5 Å². The van der Waals surface area contributed by atoms with Crippen molar-refractivity contribution in [3.63, 3.8) is 0 Å². The minimum absolute atomic E-state index is 0.0194. The highest BCUT2D eigenvalue weighted by atomic mass is 16.5. The molecule has 5 rings (SSSR count). The molecule has 9 nitrogen and oxygen atoms in total. The SMILES string of the molecule is COc1ccc2c(CC(=O)NC3CCN(C4CCN(C(=O)c5cc(C(C)(C)C)[nH]n5)CC4)CC3)c[nH]c2c1. The number of H-pyrrole nitrogens is 2. The van der Waals surface area contributed by atoms with Crippen molar-refractivity contribution < 1.29 is 14.3 Å². The van der Waals surface area contributed by atoms with Crippen LogP contribution in [0.2, 0.25) is 0 Å². The molecule has 0 radical (unpaired) electrons. The summed E-state index contributed by atoms with van der Waals surface area (Å²) in [4.78, 5) is 33.5. The monoisotopic (exact) mass is 520 g/mol. The van der Waals surface area contributed by atoms with Crippen LogP contribution in [-0.4, -0.2) is 82.2 Å². The van der Waals surface area contributed by atoms with Gasteiger partial charge in [0.2, 0.25) is 5.91 Å². The van der Waals surface area contributed by atoms with Crippen LogP contribution in [0, 0.1) is 0 Å². The molecule has 38 heavy (non-hydrogen) atoms. The predicted molar refractivity (Wildman–Crippen MR) is 148 cm³/mol. The Balaban J connectivity index is 1.06. The summed E-state index contributed by atoms with van der Waals surface area (Å²) >= 11 is 0. The number of nitrogens with one attached hydrogen (secondary N) is 3. The molecule has 0 atom stereocenters. The zero-order valence-electron chi connectivity index (χ0n) is 23.0. The Kier molecular flexibility index (Phi) is 7.47. The molecule has 0 spiro atoms. The molecule has 3 N–H and O–H groups in total. The highest BCUT2D eigenvalue weighted by Gasteiger charge is 2.31. The largest absolute Gasteiger partial charge is 0.497 e. The van der Waals surface area contributed by atoms with Gasteiger partial charge in [-0.1, -0.05) is 20.8 Å². The standard InChI is InChI=1S/C29H40N6O3/c1-29(2,3)26-17-25(32-33-26)28(37)35-13-9-21(10-14-35)34-11-7-20(8-12-34)31-27(36)15-19-18-30-24-16-22(38-4)5-6-23(19)24/h5-6,16-18,20-21,30H,7-15H2,1-4H3,(H,31,36)(H,32,33). The highest BCUT2D eigenvalue weighted by Crippen LogP contribution is 2.26. The van der Waals surface area contributed by atoms with Gasteiger partial charge in [0.25, 0.3) is 5.91 Å². The molecule has 1 aromatic carbocycles. The van der Waals surface area contributed by atoms with E-state index in [1.165, 1.54) is 0 Å². The predicted octanol–water partition coefficient (Wildman–Crippen LogP) is 3.63. The van der Waals surface area contributed by atoms with Gasteiger partial charge in [-0.3, -0.25) is 14.7 Å². The van der Waals surface area contributed by atoms with Crippen LogP contribution >= 0.6 is 0 Å². The maximum atomic E-state index is 13.0. The third-order valence-electron chi connectivity index (χ3n) is 8.09. The van der Waals surface area contributed by atoms with Gasteiger partial charge in [-0.05, 0) is 49.4 Å². The first-order valence-electron chi connectivity index (χ1n) is 13.7. The van der Waals surface area contributed by atoms with Crippen molar-refractivity contribution in [1.82, 2.24) is 30.3 Å². The van der Waals surface area contributed by atoms with Gasteiger partial charge in [-0.15, -0.1) is 0 Å². The Labute approximate surface area is 224 Å².